The van der Waals surface area contributed by atoms with Gasteiger partial charge in [-0.15, -0.1) is 0 Å². The Hall–Kier alpha value is -0.660. The van der Waals surface area contributed by atoms with Crippen molar-refractivity contribution in [3.8, 4) is 5.75 Å². The van der Waals surface area contributed by atoms with Gasteiger partial charge in [0, 0.05) is 17.9 Å². The van der Waals surface area contributed by atoms with Crippen molar-refractivity contribution in [1.29, 1.82) is 0 Å². The van der Waals surface area contributed by atoms with Crippen molar-refractivity contribution in [1.82, 2.24) is 0 Å². The summed E-state index contributed by atoms with van der Waals surface area (Å²) in [5.41, 5.74) is 0.226. The van der Waals surface area contributed by atoms with Gasteiger partial charge in [-0.1, -0.05) is 0 Å². The molecule has 0 bridgehead atoms. The predicted molar refractivity (Wildman–Crippen MR) is 69.9 cm³/mol. The van der Waals surface area contributed by atoms with E-state index in [2.05, 4.69) is 15.9 Å². The summed E-state index contributed by atoms with van der Waals surface area (Å²) in [4.78, 5) is 0. The van der Waals surface area contributed by atoms with Crippen LogP contribution in [0.3, 0.4) is 0 Å². The van der Waals surface area contributed by atoms with E-state index in [4.69, 9.17) is 4.74 Å². The van der Waals surface area contributed by atoms with Crippen LogP contribution in [0, 0.1) is 5.82 Å². The molecule has 0 radical (unpaired) electrons. The van der Waals surface area contributed by atoms with Crippen molar-refractivity contribution in [3.05, 3.63) is 28.0 Å². The van der Waals surface area contributed by atoms with Crippen molar-refractivity contribution >= 4 is 25.8 Å². The monoisotopic (exact) mass is 340 g/mol. The summed E-state index contributed by atoms with van der Waals surface area (Å²) >= 11 is 2.99. The van der Waals surface area contributed by atoms with Crippen LogP contribution in [0.5, 0.6) is 5.75 Å². The zero-order valence-corrected chi connectivity index (χ0v) is 12.5. The molecule has 102 valence electrons. The molecule has 0 saturated carbocycles. The van der Waals surface area contributed by atoms with Crippen LogP contribution >= 0.6 is 15.9 Å². The van der Waals surface area contributed by atoms with Crippen LogP contribution < -0.4 is 4.74 Å². The second kappa shape index (κ2) is 5.54. The number of hydrogen-bond donors (Lipinski definition) is 1. The maximum absolute atomic E-state index is 13.3. The van der Waals surface area contributed by atoms with Gasteiger partial charge in [0.25, 0.3) is 0 Å². The highest BCUT2D eigenvalue weighted by Crippen LogP contribution is 2.33. The zero-order valence-electron chi connectivity index (χ0n) is 10.1. The van der Waals surface area contributed by atoms with E-state index < -0.39 is 27.0 Å². The standard InChI is InChI=1S/C11H14BrFO4S/c1-6(18(3,15)16)11(14)7-4-8(12)9(13)5-10(7)17-2/h4-6,11,14H,1-3H3. The molecule has 2 atom stereocenters. The fourth-order valence-electron chi connectivity index (χ4n) is 1.44. The molecule has 0 amide bonds. The Morgan fingerprint density at radius 3 is 2.44 bits per heavy atom. The van der Waals surface area contributed by atoms with E-state index in [1.165, 1.54) is 20.1 Å². The Morgan fingerprint density at radius 2 is 2.00 bits per heavy atom. The van der Waals surface area contributed by atoms with Crippen LogP contribution in [0.25, 0.3) is 0 Å². The summed E-state index contributed by atoms with van der Waals surface area (Å²) in [7, 11) is -2.09. The van der Waals surface area contributed by atoms with Gasteiger partial charge in [-0.25, -0.2) is 12.8 Å². The lowest BCUT2D eigenvalue weighted by Gasteiger charge is -2.20. The highest BCUT2D eigenvalue weighted by Gasteiger charge is 2.28. The summed E-state index contributed by atoms with van der Waals surface area (Å²) in [5.74, 6) is -0.437. The molecule has 0 aliphatic carbocycles. The number of benzene rings is 1. The minimum atomic E-state index is -3.41. The smallest absolute Gasteiger partial charge is 0.152 e. The SMILES string of the molecule is COc1cc(F)c(Br)cc1C(O)C(C)S(C)(=O)=O. The summed E-state index contributed by atoms with van der Waals surface area (Å²) in [5, 5.41) is 9.04. The van der Waals surface area contributed by atoms with Gasteiger partial charge >= 0.3 is 0 Å². The Morgan fingerprint density at radius 1 is 1.44 bits per heavy atom. The molecule has 0 heterocycles. The first-order valence-corrected chi connectivity index (χ1v) is 7.83. The topological polar surface area (TPSA) is 63.6 Å². The maximum Gasteiger partial charge on any atom is 0.152 e. The maximum atomic E-state index is 13.3. The minimum absolute atomic E-state index is 0.110. The molecule has 18 heavy (non-hydrogen) atoms. The van der Waals surface area contributed by atoms with E-state index in [9.17, 15) is 17.9 Å². The van der Waals surface area contributed by atoms with Crippen LogP contribution in [0.2, 0.25) is 0 Å². The van der Waals surface area contributed by atoms with Crippen molar-refractivity contribution in [2.75, 3.05) is 13.4 Å². The quantitative estimate of drug-likeness (QED) is 0.911. The number of halogens is 2. The van der Waals surface area contributed by atoms with Gasteiger partial charge in [-0.05, 0) is 28.9 Å². The third-order valence-corrected chi connectivity index (χ3v) is 4.93. The van der Waals surface area contributed by atoms with E-state index >= 15 is 0 Å². The number of aliphatic hydroxyl groups excluding tert-OH is 1. The van der Waals surface area contributed by atoms with E-state index in [0.29, 0.717) is 0 Å². The normalized spacial score (nSPS) is 15.2. The molecule has 0 aliphatic heterocycles. The van der Waals surface area contributed by atoms with Crippen molar-refractivity contribution in [2.24, 2.45) is 0 Å². The molecule has 0 aromatic heterocycles. The van der Waals surface area contributed by atoms with E-state index in [1.54, 1.807) is 0 Å². The molecule has 0 spiro atoms. The van der Waals surface area contributed by atoms with Gasteiger partial charge in [-0.2, -0.15) is 0 Å². The second-order valence-electron chi connectivity index (χ2n) is 3.99. The van der Waals surface area contributed by atoms with E-state index in [-0.39, 0.29) is 15.8 Å². The van der Waals surface area contributed by atoms with Gasteiger partial charge < -0.3 is 9.84 Å². The number of aliphatic hydroxyl groups is 1. The van der Waals surface area contributed by atoms with Crippen LogP contribution in [0.15, 0.2) is 16.6 Å². The molecule has 4 nitrogen and oxygen atoms in total. The zero-order chi connectivity index (χ0) is 14.1. The lowest BCUT2D eigenvalue weighted by molar-refractivity contribution is 0.171. The van der Waals surface area contributed by atoms with Gasteiger partial charge in [0.05, 0.1) is 22.9 Å². The van der Waals surface area contributed by atoms with E-state index in [0.717, 1.165) is 12.3 Å². The number of methoxy groups -OCH3 is 1. The van der Waals surface area contributed by atoms with Gasteiger partial charge in [0.1, 0.15) is 11.6 Å². The number of ether oxygens (including phenoxy) is 1. The predicted octanol–water partition coefficient (Wildman–Crippen LogP) is 2.06. The van der Waals surface area contributed by atoms with Gasteiger partial charge in [0.15, 0.2) is 9.84 Å². The first-order valence-electron chi connectivity index (χ1n) is 5.08. The van der Waals surface area contributed by atoms with Gasteiger partial charge in [-0.3, -0.25) is 0 Å². The molecule has 1 aromatic rings. The average Bonchev–Trinajstić information content (AvgIpc) is 2.29. The fourth-order valence-corrected chi connectivity index (χ4v) is 2.41. The summed E-state index contributed by atoms with van der Waals surface area (Å²) in [6.07, 6.45) is -0.252. The molecular formula is C11H14BrFO4S. The summed E-state index contributed by atoms with van der Waals surface area (Å²) in [6.45, 7) is 1.39. The number of sulfone groups is 1. The van der Waals surface area contributed by atoms with Crippen LogP contribution in [-0.4, -0.2) is 32.1 Å². The van der Waals surface area contributed by atoms with Gasteiger partial charge in [0.2, 0.25) is 0 Å². The molecule has 0 saturated heterocycles. The average molecular weight is 341 g/mol. The first-order chi connectivity index (χ1) is 8.18. The van der Waals surface area contributed by atoms with Crippen molar-refractivity contribution in [2.45, 2.75) is 18.3 Å². The first kappa shape index (κ1) is 15.4. The van der Waals surface area contributed by atoms with Crippen LogP contribution in [0.4, 0.5) is 4.39 Å². The highest BCUT2D eigenvalue weighted by atomic mass is 79.9. The summed E-state index contributed by atoms with van der Waals surface area (Å²) in [6, 6.07) is 2.41. The highest BCUT2D eigenvalue weighted by molar-refractivity contribution is 9.10. The molecule has 1 N–H and O–H groups in total. The van der Waals surface area contributed by atoms with E-state index in [1.807, 2.05) is 0 Å². The second-order valence-corrected chi connectivity index (χ2v) is 7.24. The third-order valence-electron chi connectivity index (χ3n) is 2.71. The Bertz CT molecular complexity index is 544. The lowest BCUT2D eigenvalue weighted by atomic mass is 10.1. The van der Waals surface area contributed by atoms with Crippen LogP contribution in [-0.2, 0) is 9.84 Å². The van der Waals surface area contributed by atoms with Crippen molar-refractivity contribution < 1.29 is 22.7 Å². The fraction of sp³-hybridized carbons (Fsp3) is 0.455. The molecule has 7 heteroatoms. The largest absolute Gasteiger partial charge is 0.496 e. The molecular weight excluding hydrogens is 327 g/mol. The Labute approximate surface area is 114 Å². The number of hydrogen-bond acceptors (Lipinski definition) is 4. The molecule has 1 aromatic carbocycles. The lowest BCUT2D eigenvalue weighted by Crippen LogP contribution is -2.24. The molecule has 0 fully saturated rings. The van der Waals surface area contributed by atoms with Crippen molar-refractivity contribution in [3.63, 3.8) is 0 Å². The molecule has 2 unspecified atom stereocenters. The Balaban J connectivity index is 3.28. The minimum Gasteiger partial charge on any atom is -0.496 e. The van der Waals surface area contributed by atoms with Crippen LogP contribution in [0.1, 0.15) is 18.6 Å². The Kier molecular flexibility index (Phi) is 4.74. The number of rotatable bonds is 4. The molecule has 1 rings (SSSR count). The third kappa shape index (κ3) is 3.21. The molecule has 0 aliphatic rings. The summed E-state index contributed by atoms with van der Waals surface area (Å²) < 4.78 is 41.2.